The van der Waals surface area contributed by atoms with Gasteiger partial charge in [0.2, 0.25) is 0 Å². The van der Waals surface area contributed by atoms with Gasteiger partial charge in [-0.05, 0) is 32.1 Å². The van der Waals surface area contributed by atoms with Crippen LogP contribution in [0.15, 0.2) is 0 Å². The lowest BCUT2D eigenvalue weighted by molar-refractivity contribution is -0.175. The Hall–Kier alpha value is -0.410. The molecule has 2 N–H and O–H groups in total. The van der Waals surface area contributed by atoms with Crippen LogP contribution in [-0.2, 0) is 4.79 Å². The van der Waals surface area contributed by atoms with Crippen LogP contribution in [0.4, 0.5) is 0 Å². The van der Waals surface area contributed by atoms with Crippen LogP contribution in [0.3, 0.4) is 0 Å². The van der Waals surface area contributed by atoms with Crippen LogP contribution in [0.2, 0.25) is 0 Å². The Kier molecular flexibility index (Phi) is 3.02. The molecule has 0 aromatic carbocycles. The van der Waals surface area contributed by atoms with E-state index in [2.05, 4.69) is 0 Å². The molecule has 0 bridgehead atoms. The molecule has 0 aromatic rings. The number of hydrogen-bond acceptors (Lipinski definition) is 3. The van der Waals surface area contributed by atoms with E-state index in [1.807, 2.05) is 0 Å². The van der Waals surface area contributed by atoms with Gasteiger partial charge >= 0.3 is 0 Å². The van der Waals surface area contributed by atoms with E-state index in [-0.39, 0.29) is 17.6 Å². The van der Waals surface area contributed by atoms with Crippen LogP contribution >= 0.6 is 0 Å². The van der Waals surface area contributed by atoms with Gasteiger partial charge in [0.15, 0.2) is 0 Å². The number of rotatable bonds is 0. The predicted molar refractivity (Wildman–Crippen MR) is 68.1 cm³/mol. The topological polar surface area (TPSA) is 57.5 Å². The number of Topliss-reactive ketones (excluding diaryl/α,β-unsaturated/α-hetero) is 1. The van der Waals surface area contributed by atoms with Crippen LogP contribution in [0.5, 0.6) is 0 Å². The summed E-state index contributed by atoms with van der Waals surface area (Å²) in [5.74, 6) is -0.0844. The summed E-state index contributed by atoms with van der Waals surface area (Å²) in [4.78, 5) is 12.3. The second-order valence-corrected chi connectivity index (χ2v) is 6.66. The Balaban J connectivity index is 2.00. The third-order valence-corrected chi connectivity index (χ3v) is 5.72. The highest BCUT2D eigenvalue weighted by Crippen LogP contribution is 2.52. The molecular weight excluding hydrogens is 228 g/mol. The third-order valence-electron chi connectivity index (χ3n) is 5.72. The standard InChI is InChI=1S/C15H24O3/c16-12-7-10-14(17)8-3-2-6-13(14)15(18)9-4-1-5-11(12)15/h11,13,17-18H,1-10H2/t11-,13+,14+,15-/m1/s1. The summed E-state index contributed by atoms with van der Waals surface area (Å²) >= 11 is 0. The molecule has 0 amide bonds. The van der Waals surface area contributed by atoms with Gasteiger partial charge in [0.25, 0.3) is 0 Å². The van der Waals surface area contributed by atoms with Gasteiger partial charge < -0.3 is 10.2 Å². The van der Waals surface area contributed by atoms with E-state index in [1.165, 1.54) is 0 Å². The number of carbonyl (C=O) groups excluding carboxylic acids is 1. The Morgan fingerprint density at radius 2 is 1.67 bits per heavy atom. The molecule has 0 aliphatic heterocycles. The highest BCUT2D eigenvalue weighted by atomic mass is 16.3. The van der Waals surface area contributed by atoms with Gasteiger partial charge in [-0.3, -0.25) is 4.79 Å². The van der Waals surface area contributed by atoms with E-state index < -0.39 is 11.2 Å². The Labute approximate surface area is 109 Å². The van der Waals surface area contributed by atoms with E-state index >= 15 is 0 Å². The molecular formula is C15H24O3. The first-order valence-corrected chi connectivity index (χ1v) is 7.54. The van der Waals surface area contributed by atoms with Crippen molar-refractivity contribution in [2.24, 2.45) is 11.8 Å². The van der Waals surface area contributed by atoms with E-state index in [1.54, 1.807) is 0 Å². The summed E-state index contributed by atoms with van der Waals surface area (Å²) in [6.45, 7) is 0. The molecule has 0 aromatic heterocycles. The minimum atomic E-state index is -0.916. The van der Waals surface area contributed by atoms with Crippen LogP contribution in [0.25, 0.3) is 0 Å². The molecule has 3 fully saturated rings. The van der Waals surface area contributed by atoms with Crippen molar-refractivity contribution in [3.05, 3.63) is 0 Å². The molecule has 0 saturated heterocycles. The molecule has 102 valence electrons. The van der Waals surface area contributed by atoms with Gasteiger partial charge in [-0.25, -0.2) is 0 Å². The van der Waals surface area contributed by atoms with Crippen molar-refractivity contribution in [3.8, 4) is 0 Å². The zero-order chi connectivity index (χ0) is 12.8. The summed E-state index contributed by atoms with van der Waals surface area (Å²) in [6.07, 6.45) is 8.35. The van der Waals surface area contributed by atoms with Crippen molar-refractivity contribution in [3.63, 3.8) is 0 Å². The Morgan fingerprint density at radius 1 is 0.944 bits per heavy atom. The normalized spacial score (nSPS) is 49.1. The highest BCUT2D eigenvalue weighted by Gasteiger charge is 2.57. The van der Waals surface area contributed by atoms with Crippen molar-refractivity contribution < 1.29 is 15.0 Å². The number of fused-ring (bicyclic) bond motifs is 3. The molecule has 4 atom stereocenters. The molecule has 3 aliphatic rings. The maximum atomic E-state index is 12.3. The SMILES string of the molecule is O=C1CC[C@@]2(O)CCCC[C@@H]2[C@@]2(O)CCCC[C@H]12. The quantitative estimate of drug-likeness (QED) is 0.695. The van der Waals surface area contributed by atoms with E-state index in [9.17, 15) is 15.0 Å². The Morgan fingerprint density at radius 3 is 2.50 bits per heavy atom. The van der Waals surface area contributed by atoms with E-state index in [0.29, 0.717) is 19.3 Å². The van der Waals surface area contributed by atoms with E-state index in [0.717, 1.165) is 44.9 Å². The summed E-state index contributed by atoms with van der Waals surface area (Å²) in [7, 11) is 0. The average molecular weight is 252 g/mol. The van der Waals surface area contributed by atoms with Crippen molar-refractivity contribution in [2.75, 3.05) is 0 Å². The van der Waals surface area contributed by atoms with Crippen molar-refractivity contribution in [1.29, 1.82) is 0 Å². The highest BCUT2D eigenvalue weighted by molar-refractivity contribution is 5.83. The summed E-state index contributed by atoms with van der Waals surface area (Å²) in [6, 6.07) is 0. The van der Waals surface area contributed by atoms with Gasteiger partial charge in [-0.1, -0.05) is 25.7 Å². The zero-order valence-electron chi connectivity index (χ0n) is 11.0. The molecule has 0 unspecified atom stereocenters. The predicted octanol–water partition coefficient (Wildman–Crippen LogP) is 2.19. The number of carbonyl (C=O) groups is 1. The molecule has 3 aliphatic carbocycles. The van der Waals surface area contributed by atoms with Crippen molar-refractivity contribution in [2.45, 2.75) is 75.4 Å². The molecule has 3 heteroatoms. The number of ketones is 1. The minimum absolute atomic E-state index is 0.0736. The number of hydrogen-bond donors (Lipinski definition) is 2. The Bertz CT molecular complexity index is 354. The van der Waals surface area contributed by atoms with Crippen molar-refractivity contribution in [1.82, 2.24) is 0 Å². The first kappa shape index (κ1) is 12.6. The summed E-state index contributed by atoms with van der Waals surface area (Å²) in [5.41, 5.74) is -1.70. The lowest BCUT2D eigenvalue weighted by atomic mass is 9.60. The first-order chi connectivity index (χ1) is 8.56. The van der Waals surface area contributed by atoms with Gasteiger partial charge in [0, 0.05) is 18.3 Å². The fraction of sp³-hybridized carbons (Fsp3) is 0.933. The first-order valence-electron chi connectivity index (χ1n) is 7.54. The fourth-order valence-electron chi connectivity index (χ4n) is 4.79. The number of aliphatic hydroxyl groups is 2. The van der Waals surface area contributed by atoms with Crippen LogP contribution in [0, 0.1) is 11.8 Å². The lowest BCUT2D eigenvalue weighted by Crippen LogP contribution is -2.57. The van der Waals surface area contributed by atoms with Gasteiger partial charge in [0.1, 0.15) is 5.78 Å². The zero-order valence-corrected chi connectivity index (χ0v) is 11.0. The monoisotopic (exact) mass is 252 g/mol. The largest absolute Gasteiger partial charge is 0.389 e. The van der Waals surface area contributed by atoms with Gasteiger partial charge in [0.05, 0.1) is 11.2 Å². The van der Waals surface area contributed by atoms with Crippen LogP contribution in [-0.4, -0.2) is 27.2 Å². The second-order valence-electron chi connectivity index (χ2n) is 6.66. The molecule has 3 nitrogen and oxygen atoms in total. The molecule has 3 rings (SSSR count). The van der Waals surface area contributed by atoms with Gasteiger partial charge in [-0.15, -0.1) is 0 Å². The van der Waals surface area contributed by atoms with E-state index in [4.69, 9.17) is 0 Å². The van der Waals surface area contributed by atoms with Crippen molar-refractivity contribution >= 4 is 5.78 Å². The lowest BCUT2D eigenvalue weighted by Gasteiger charge is -2.50. The molecule has 0 spiro atoms. The summed E-state index contributed by atoms with van der Waals surface area (Å²) in [5, 5.41) is 22.0. The molecule has 0 heterocycles. The average Bonchev–Trinajstić information content (AvgIpc) is 2.44. The fourth-order valence-corrected chi connectivity index (χ4v) is 4.79. The smallest absolute Gasteiger partial charge is 0.138 e. The third kappa shape index (κ3) is 1.75. The maximum Gasteiger partial charge on any atom is 0.138 e. The molecule has 18 heavy (non-hydrogen) atoms. The molecule has 3 saturated carbocycles. The second kappa shape index (κ2) is 4.31. The van der Waals surface area contributed by atoms with Crippen LogP contribution in [0.1, 0.15) is 64.2 Å². The van der Waals surface area contributed by atoms with Gasteiger partial charge in [-0.2, -0.15) is 0 Å². The maximum absolute atomic E-state index is 12.3. The van der Waals surface area contributed by atoms with Crippen LogP contribution < -0.4 is 0 Å². The summed E-state index contributed by atoms with van der Waals surface area (Å²) < 4.78 is 0. The minimum Gasteiger partial charge on any atom is -0.389 e. The molecule has 0 radical (unpaired) electrons.